The maximum absolute atomic E-state index is 12.5. The second kappa shape index (κ2) is 7.78. The lowest BCUT2D eigenvalue weighted by Crippen LogP contribution is -2.12. The molecular weight excluding hydrogens is 330 g/mol. The van der Waals surface area contributed by atoms with Crippen molar-refractivity contribution in [1.82, 2.24) is 4.98 Å². The number of pyridine rings is 1. The summed E-state index contributed by atoms with van der Waals surface area (Å²) < 4.78 is 10.6. The number of esters is 1. The van der Waals surface area contributed by atoms with E-state index in [-0.39, 0.29) is 12.4 Å². The lowest BCUT2D eigenvalue weighted by atomic mass is 10.0. The summed E-state index contributed by atoms with van der Waals surface area (Å²) in [7, 11) is 0. The maximum atomic E-state index is 12.5. The molecule has 5 nitrogen and oxygen atoms in total. The van der Waals surface area contributed by atoms with Crippen LogP contribution < -0.4 is 4.74 Å². The number of para-hydroxylation sites is 1. The van der Waals surface area contributed by atoms with Gasteiger partial charge < -0.3 is 9.47 Å². The van der Waals surface area contributed by atoms with Gasteiger partial charge in [0.05, 0.1) is 23.4 Å². The zero-order valence-corrected chi connectivity index (χ0v) is 14.7. The Kier molecular flexibility index (Phi) is 5.27. The highest BCUT2D eigenvalue weighted by molar-refractivity contribution is 6.05. The number of nitrogens with zero attached hydrogens (tertiary/aromatic N) is 1. The van der Waals surface area contributed by atoms with Crippen LogP contribution in [0.1, 0.15) is 24.2 Å². The van der Waals surface area contributed by atoms with E-state index in [1.807, 2.05) is 55.5 Å². The Labute approximate surface area is 151 Å². The van der Waals surface area contributed by atoms with Gasteiger partial charge in [-0.25, -0.2) is 9.78 Å². The largest absolute Gasteiger partial charge is 0.494 e. The second-order valence-electron chi connectivity index (χ2n) is 5.81. The first-order valence-corrected chi connectivity index (χ1v) is 8.38. The van der Waals surface area contributed by atoms with Crippen molar-refractivity contribution in [2.45, 2.75) is 13.8 Å². The third-order valence-electron chi connectivity index (χ3n) is 3.80. The van der Waals surface area contributed by atoms with Crippen LogP contribution in [-0.2, 0) is 9.53 Å². The van der Waals surface area contributed by atoms with Crippen LogP contribution in [0.2, 0.25) is 0 Å². The molecular formula is C21H19NO4. The summed E-state index contributed by atoms with van der Waals surface area (Å²) in [5.74, 6) is 0.0348. The number of ketones is 1. The molecule has 3 aromatic rings. The molecule has 0 fully saturated rings. The van der Waals surface area contributed by atoms with E-state index in [0.717, 1.165) is 11.3 Å². The third kappa shape index (κ3) is 3.88. The van der Waals surface area contributed by atoms with Crippen LogP contribution >= 0.6 is 0 Å². The summed E-state index contributed by atoms with van der Waals surface area (Å²) in [6, 6.07) is 16.6. The van der Waals surface area contributed by atoms with Gasteiger partial charge in [0.25, 0.3) is 0 Å². The van der Waals surface area contributed by atoms with Gasteiger partial charge in [-0.15, -0.1) is 0 Å². The number of rotatable bonds is 6. The van der Waals surface area contributed by atoms with Gasteiger partial charge in [0.2, 0.25) is 0 Å². The predicted molar refractivity (Wildman–Crippen MR) is 99.3 cm³/mol. The molecule has 2 aromatic carbocycles. The first-order chi connectivity index (χ1) is 12.6. The molecule has 0 aliphatic rings. The molecule has 0 aliphatic heterocycles. The van der Waals surface area contributed by atoms with Crippen LogP contribution in [0, 0.1) is 0 Å². The zero-order chi connectivity index (χ0) is 18.5. The quantitative estimate of drug-likeness (QED) is 0.628. The van der Waals surface area contributed by atoms with Crippen LogP contribution in [0.5, 0.6) is 5.75 Å². The molecule has 3 rings (SSSR count). The highest BCUT2D eigenvalue weighted by Gasteiger charge is 2.15. The van der Waals surface area contributed by atoms with Crippen molar-refractivity contribution < 1.29 is 19.1 Å². The van der Waals surface area contributed by atoms with E-state index in [0.29, 0.717) is 28.8 Å². The Balaban J connectivity index is 2.03. The predicted octanol–water partition coefficient (Wildman–Crippen LogP) is 4.05. The summed E-state index contributed by atoms with van der Waals surface area (Å²) in [4.78, 5) is 28.2. The first kappa shape index (κ1) is 17.6. The highest BCUT2D eigenvalue weighted by atomic mass is 16.5. The molecule has 0 amide bonds. The van der Waals surface area contributed by atoms with E-state index < -0.39 is 5.97 Å². The number of benzene rings is 2. The smallest absolute Gasteiger partial charge is 0.339 e. The van der Waals surface area contributed by atoms with Gasteiger partial charge in [0.15, 0.2) is 5.78 Å². The molecule has 0 aliphatic carbocycles. The SMILES string of the molecule is CCOc1ccc(-c2cc(C(=O)OCC(C)=O)c3ccccc3n2)cc1. The number of fused-ring (bicyclic) bond motifs is 1. The van der Waals surface area contributed by atoms with Gasteiger partial charge >= 0.3 is 5.97 Å². The van der Waals surface area contributed by atoms with Gasteiger partial charge in [0, 0.05) is 10.9 Å². The Hall–Kier alpha value is -3.21. The third-order valence-corrected chi connectivity index (χ3v) is 3.80. The monoisotopic (exact) mass is 349 g/mol. The van der Waals surface area contributed by atoms with E-state index >= 15 is 0 Å². The van der Waals surface area contributed by atoms with Crippen LogP contribution in [0.15, 0.2) is 54.6 Å². The van der Waals surface area contributed by atoms with Crippen molar-refractivity contribution in [3.05, 3.63) is 60.2 Å². The Bertz CT molecular complexity index is 948. The molecule has 5 heteroatoms. The van der Waals surface area contributed by atoms with Gasteiger partial charge in [-0.1, -0.05) is 18.2 Å². The first-order valence-electron chi connectivity index (χ1n) is 8.38. The molecule has 26 heavy (non-hydrogen) atoms. The lowest BCUT2D eigenvalue weighted by Gasteiger charge is -2.10. The van der Waals surface area contributed by atoms with Crippen molar-refractivity contribution in [3.8, 4) is 17.0 Å². The van der Waals surface area contributed by atoms with Gasteiger partial charge in [-0.2, -0.15) is 0 Å². The second-order valence-corrected chi connectivity index (χ2v) is 5.81. The number of hydrogen-bond donors (Lipinski definition) is 0. The molecule has 0 N–H and O–H groups in total. The average molecular weight is 349 g/mol. The molecule has 0 radical (unpaired) electrons. The molecule has 0 atom stereocenters. The molecule has 0 spiro atoms. The minimum Gasteiger partial charge on any atom is -0.494 e. The normalized spacial score (nSPS) is 10.5. The van der Waals surface area contributed by atoms with Crippen molar-refractivity contribution in [2.75, 3.05) is 13.2 Å². The number of carbonyl (C=O) groups is 2. The number of carbonyl (C=O) groups excluding carboxylic acids is 2. The van der Waals surface area contributed by atoms with Crippen molar-refractivity contribution in [2.24, 2.45) is 0 Å². The minimum absolute atomic E-state index is 0.205. The fourth-order valence-electron chi connectivity index (χ4n) is 2.63. The average Bonchev–Trinajstić information content (AvgIpc) is 2.66. The van der Waals surface area contributed by atoms with Crippen molar-refractivity contribution in [3.63, 3.8) is 0 Å². The molecule has 0 bridgehead atoms. The van der Waals surface area contributed by atoms with Crippen LogP contribution in [-0.4, -0.2) is 30.0 Å². The molecule has 0 saturated heterocycles. The number of ether oxygens (including phenoxy) is 2. The van der Waals surface area contributed by atoms with Crippen LogP contribution in [0.25, 0.3) is 22.2 Å². The van der Waals surface area contributed by atoms with E-state index in [1.165, 1.54) is 6.92 Å². The Morgan fingerprint density at radius 2 is 1.77 bits per heavy atom. The number of Topliss-reactive ketones (excluding diaryl/α,β-unsaturated/α-hetero) is 1. The Morgan fingerprint density at radius 1 is 1.04 bits per heavy atom. The zero-order valence-electron chi connectivity index (χ0n) is 14.7. The lowest BCUT2D eigenvalue weighted by molar-refractivity contribution is -0.120. The molecule has 1 aromatic heterocycles. The summed E-state index contributed by atoms with van der Waals surface area (Å²) in [6.45, 7) is 3.66. The number of hydrogen-bond acceptors (Lipinski definition) is 5. The highest BCUT2D eigenvalue weighted by Crippen LogP contribution is 2.26. The van der Waals surface area contributed by atoms with E-state index in [2.05, 4.69) is 4.98 Å². The summed E-state index contributed by atoms with van der Waals surface area (Å²) in [5.41, 5.74) is 2.59. The minimum atomic E-state index is -0.536. The fourth-order valence-corrected chi connectivity index (χ4v) is 2.63. The molecule has 0 saturated carbocycles. The van der Waals surface area contributed by atoms with E-state index in [9.17, 15) is 9.59 Å². The summed E-state index contributed by atoms with van der Waals surface area (Å²) in [6.07, 6.45) is 0. The Morgan fingerprint density at radius 3 is 2.46 bits per heavy atom. The standard InChI is InChI=1S/C21H19NO4/c1-3-25-16-10-8-15(9-11-16)20-12-18(21(24)26-13-14(2)23)17-6-4-5-7-19(17)22-20/h4-12H,3,13H2,1-2H3. The van der Waals surface area contributed by atoms with Crippen LogP contribution in [0.3, 0.4) is 0 Å². The van der Waals surface area contributed by atoms with Gasteiger partial charge in [-0.3, -0.25) is 4.79 Å². The maximum Gasteiger partial charge on any atom is 0.339 e. The topological polar surface area (TPSA) is 65.5 Å². The summed E-state index contributed by atoms with van der Waals surface area (Å²) in [5, 5.41) is 0.690. The van der Waals surface area contributed by atoms with E-state index in [1.54, 1.807) is 6.07 Å². The van der Waals surface area contributed by atoms with Crippen molar-refractivity contribution >= 4 is 22.7 Å². The van der Waals surface area contributed by atoms with Crippen LogP contribution in [0.4, 0.5) is 0 Å². The molecule has 0 unspecified atom stereocenters. The number of aromatic nitrogens is 1. The van der Waals surface area contributed by atoms with Gasteiger partial charge in [0.1, 0.15) is 12.4 Å². The van der Waals surface area contributed by atoms with Gasteiger partial charge in [-0.05, 0) is 50.2 Å². The molecule has 1 heterocycles. The van der Waals surface area contributed by atoms with E-state index in [4.69, 9.17) is 9.47 Å². The molecule has 132 valence electrons. The fraction of sp³-hybridized carbons (Fsp3) is 0.190. The van der Waals surface area contributed by atoms with Crippen molar-refractivity contribution in [1.29, 1.82) is 0 Å². The summed E-state index contributed by atoms with van der Waals surface area (Å²) >= 11 is 0.